The molecule has 0 spiro atoms. The minimum Gasteiger partial charge on any atom is -0.407 e. The van der Waals surface area contributed by atoms with Crippen molar-refractivity contribution in [2.75, 3.05) is 0 Å². The van der Waals surface area contributed by atoms with E-state index in [1.165, 1.54) is 0 Å². The lowest BCUT2D eigenvalue weighted by Crippen LogP contribution is -1.97. The Hall–Kier alpha value is -2.09. The SMILES string of the molecule is O=[N+]([O-])c1cc(F)cc(-c2nnc(Cl)o2)c1F. The lowest BCUT2D eigenvalue weighted by atomic mass is 10.2. The van der Waals surface area contributed by atoms with Gasteiger partial charge in [-0.3, -0.25) is 10.1 Å². The highest BCUT2D eigenvalue weighted by atomic mass is 35.5. The second kappa shape index (κ2) is 4.06. The van der Waals surface area contributed by atoms with E-state index in [2.05, 4.69) is 14.6 Å². The Labute approximate surface area is 97.0 Å². The summed E-state index contributed by atoms with van der Waals surface area (Å²) in [5.74, 6) is -2.70. The van der Waals surface area contributed by atoms with Gasteiger partial charge in [0.05, 0.1) is 16.6 Å². The highest BCUT2D eigenvalue weighted by molar-refractivity contribution is 6.27. The first-order valence-corrected chi connectivity index (χ1v) is 4.49. The topological polar surface area (TPSA) is 82.1 Å². The maximum Gasteiger partial charge on any atom is 0.313 e. The maximum absolute atomic E-state index is 13.6. The summed E-state index contributed by atoms with van der Waals surface area (Å²) in [6.45, 7) is 0. The summed E-state index contributed by atoms with van der Waals surface area (Å²) in [7, 11) is 0. The van der Waals surface area contributed by atoms with Crippen LogP contribution in [0.2, 0.25) is 5.35 Å². The predicted molar refractivity (Wildman–Crippen MR) is 51.3 cm³/mol. The van der Waals surface area contributed by atoms with Gasteiger partial charge in [0.15, 0.2) is 0 Å². The van der Waals surface area contributed by atoms with E-state index in [-0.39, 0.29) is 5.35 Å². The zero-order chi connectivity index (χ0) is 12.6. The quantitative estimate of drug-likeness (QED) is 0.613. The third-order valence-corrected chi connectivity index (χ3v) is 2.00. The molecule has 0 saturated heterocycles. The number of rotatable bonds is 2. The lowest BCUT2D eigenvalue weighted by molar-refractivity contribution is -0.387. The fraction of sp³-hybridized carbons (Fsp3) is 0. The van der Waals surface area contributed by atoms with Crippen LogP contribution in [0.15, 0.2) is 16.5 Å². The molecule has 0 N–H and O–H groups in total. The highest BCUT2D eigenvalue weighted by Gasteiger charge is 2.24. The van der Waals surface area contributed by atoms with Gasteiger partial charge in [0, 0.05) is 0 Å². The van der Waals surface area contributed by atoms with Gasteiger partial charge in [-0.15, -0.1) is 5.10 Å². The van der Waals surface area contributed by atoms with Gasteiger partial charge < -0.3 is 4.42 Å². The normalized spacial score (nSPS) is 10.5. The predicted octanol–water partition coefficient (Wildman–Crippen LogP) is 2.58. The van der Waals surface area contributed by atoms with Gasteiger partial charge in [0.25, 0.3) is 5.89 Å². The van der Waals surface area contributed by atoms with Gasteiger partial charge in [0.2, 0.25) is 5.82 Å². The minimum absolute atomic E-state index is 0.383. The lowest BCUT2D eigenvalue weighted by Gasteiger charge is -1.99. The van der Waals surface area contributed by atoms with Crippen LogP contribution in [0.4, 0.5) is 14.5 Å². The molecule has 0 aliphatic rings. The van der Waals surface area contributed by atoms with E-state index < -0.39 is 33.7 Å². The number of nitrogens with zero attached hydrogens (tertiary/aromatic N) is 3. The number of halogens is 3. The number of benzene rings is 1. The van der Waals surface area contributed by atoms with Gasteiger partial charge in [-0.2, -0.15) is 4.39 Å². The Morgan fingerprint density at radius 1 is 1.35 bits per heavy atom. The van der Waals surface area contributed by atoms with Crippen molar-refractivity contribution in [3.8, 4) is 11.5 Å². The molecule has 0 fully saturated rings. The molecule has 1 aromatic heterocycles. The first-order valence-electron chi connectivity index (χ1n) is 4.12. The van der Waals surface area contributed by atoms with E-state index in [1.54, 1.807) is 0 Å². The van der Waals surface area contributed by atoms with Gasteiger partial charge in [-0.25, -0.2) is 4.39 Å². The summed E-state index contributed by atoms with van der Waals surface area (Å²) in [4.78, 5) is 9.41. The number of nitro benzene ring substituents is 1. The van der Waals surface area contributed by atoms with Crippen LogP contribution in [0.1, 0.15) is 0 Å². The largest absolute Gasteiger partial charge is 0.407 e. The highest BCUT2D eigenvalue weighted by Crippen LogP contribution is 2.30. The van der Waals surface area contributed by atoms with Gasteiger partial charge in [-0.05, 0) is 17.7 Å². The molecule has 9 heteroatoms. The van der Waals surface area contributed by atoms with Crippen molar-refractivity contribution in [1.82, 2.24) is 10.2 Å². The number of aromatic nitrogens is 2. The Balaban J connectivity index is 2.66. The second-order valence-corrected chi connectivity index (χ2v) is 3.23. The summed E-state index contributed by atoms with van der Waals surface area (Å²) < 4.78 is 31.3. The van der Waals surface area contributed by atoms with E-state index >= 15 is 0 Å². The molecule has 1 heterocycles. The van der Waals surface area contributed by atoms with Crippen LogP contribution in [0.3, 0.4) is 0 Å². The maximum atomic E-state index is 13.6. The second-order valence-electron chi connectivity index (χ2n) is 2.90. The molecule has 0 aliphatic heterocycles. The van der Waals surface area contributed by atoms with E-state index in [9.17, 15) is 18.9 Å². The Morgan fingerprint density at radius 3 is 2.59 bits per heavy atom. The van der Waals surface area contributed by atoms with Crippen molar-refractivity contribution in [1.29, 1.82) is 0 Å². The van der Waals surface area contributed by atoms with E-state index in [1.807, 2.05) is 0 Å². The molecule has 0 amide bonds. The van der Waals surface area contributed by atoms with Crippen molar-refractivity contribution in [3.63, 3.8) is 0 Å². The van der Waals surface area contributed by atoms with Gasteiger partial charge in [0.1, 0.15) is 5.82 Å². The summed E-state index contributed by atoms with van der Waals surface area (Å²) in [5.41, 5.74) is -1.54. The van der Waals surface area contributed by atoms with Crippen molar-refractivity contribution in [2.24, 2.45) is 0 Å². The van der Waals surface area contributed by atoms with Crippen LogP contribution >= 0.6 is 11.6 Å². The van der Waals surface area contributed by atoms with Gasteiger partial charge in [-0.1, -0.05) is 5.10 Å². The molecule has 6 nitrogen and oxygen atoms in total. The van der Waals surface area contributed by atoms with Crippen molar-refractivity contribution in [2.45, 2.75) is 0 Å². The van der Waals surface area contributed by atoms with E-state index in [0.29, 0.717) is 12.1 Å². The molecule has 0 saturated carbocycles. The molecular weight excluding hydrogens is 260 g/mol. The van der Waals surface area contributed by atoms with Crippen LogP contribution in [-0.2, 0) is 0 Å². The molecule has 2 aromatic rings. The van der Waals surface area contributed by atoms with Gasteiger partial charge >= 0.3 is 11.0 Å². The molecule has 0 radical (unpaired) electrons. The average molecular weight is 262 g/mol. The zero-order valence-electron chi connectivity index (χ0n) is 7.85. The summed E-state index contributed by atoms with van der Waals surface area (Å²) in [5, 5.41) is 16.6. The van der Waals surface area contributed by atoms with Crippen molar-refractivity contribution < 1.29 is 18.1 Å². The first-order chi connectivity index (χ1) is 7.99. The van der Waals surface area contributed by atoms with Crippen LogP contribution in [0.25, 0.3) is 11.5 Å². The Morgan fingerprint density at radius 2 is 2.06 bits per heavy atom. The van der Waals surface area contributed by atoms with Crippen molar-refractivity contribution in [3.05, 3.63) is 39.2 Å². The Kier molecular flexibility index (Phi) is 2.72. The van der Waals surface area contributed by atoms with E-state index in [0.717, 1.165) is 0 Å². The number of nitro groups is 1. The number of hydrogen-bond acceptors (Lipinski definition) is 5. The molecule has 17 heavy (non-hydrogen) atoms. The number of hydrogen-bond donors (Lipinski definition) is 0. The third-order valence-electron chi connectivity index (χ3n) is 1.85. The Bertz CT molecular complexity index is 602. The molecule has 88 valence electrons. The molecule has 0 atom stereocenters. The summed E-state index contributed by atoms with van der Waals surface area (Å²) in [6, 6.07) is 1.16. The van der Waals surface area contributed by atoms with Crippen LogP contribution in [0, 0.1) is 21.7 Å². The third kappa shape index (κ3) is 2.07. The minimum atomic E-state index is -1.27. The monoisotopic (exact) mass is 261 g/mol. The smallest absolute Gasteiger partial charge is 0.313 e. The fourth-order valence-electron chi connectivity index (χ4n) is 1.18. The van der Waals surface area contributed by atoms with Crippen LogP contribution in [0.5, 0.6) is 0 Å². The van der Waals surface area contributed by atoms with E-state index in [4.69, 9.17) is 11.6 Å². The molecule has 0 bridgehead atoms. The standard InChI is InChI=1S/C8H2ClF2N3O3/c9-8-13-12-7(17-8)4-1-3(10)2-5(6(4)11)14(15)16/h1-2H. The molecule has 0 aliphatic carbocycles. The van der Waals surface area contributed by atoms with Crippen LogP contribution < -0.4 is 0 Å². The zero-order valence-corrected chi connectivity index (χ0v) is 8.61. The molecule has 1 aromatic carbocycles. The first kappa shape index (κ1) is 11.4. The molecule has 2 rings (SSSR count). The summed E-state index contributed by atoms with van der Waals surface area (Å²) in [6.07, 6.45) is 0. The summed E-state index contributed by atoms with van der Waals surface area (Å²) >= 11 is 5.31. The molecular formula is C8H2ClF2N3O3. The van der Waals surface area contributed by atoms with Crippen LogP contribution in [-0.4, -0.2) is 15.1 Å². The van der Waals surface area contributed by atoms with Crippen molar-refractivity contribution >= 4 is 17.3 Å². The molecule has 0 unspecified atom stereocenters. The average Bonchev–Trinajstić information content (AvgIpc) is 2.67. The fourth-order valence-corrected chi connectivity index (χ4v) is 1.29.